The van der Waals surface area contributed by atoms with Crippen LogP contribution in [0.4, 0.5) is 4.39 Å². The first-order chi connectivity index (χ1) is 8.52. The Balaban J connectivity index is 2.41. The van der Waals surface area contributed by atoms with Gasteiger partial charge in [0.2, 0.25) is 0 Å². The highest BCUT2D eigenvalue weighted by Crippen LogP contribution is 2.37. The fourth-order valence-electron chi connectivity index (χ4n) is 1.77. The van der Waals surface area contributed by atoms with Crippen molar-refractivity contribution in [3.8, 4) is 0 Å². The van der Waals surface area contributed by atoms with Crippen LogP contribution >= 0.6 is 38.9 Å². The van der Waals surface area contributed by atoms with Gasteiger partial charge in [-0.25, -0.2) is 4.39 Å². The lowest BCUT2D eigenvalue weighted by molar-refractivity contribution is 0.609. The summed E-state index contributed by atoms with van der Waals surface area (Å²) in [6.45, 7) is 1.76. The van der Waals surface area contributed by atoms with Crippen LogP contribution in [0.15, 0.2) is 28.7 Å². The molecule has 0 bridgehead atoms. The second-order valence-electron chi connectivity index (χ2n) is 4.00. The fraction of sp³-hybridized carbons (Fsp3) is 0.231. The molecule has 0 spiro atoms. The molecule has 0 amide bonds. The van der Waals surface area contributed by atoms with E-state index in [1.165, 1.54) is 11.3 Å². The van der Waals surface area contributed by atoms with Gasteiger partial charge in [-0.15, -0.1) is 11.3 Å². The highest BCUT2D eigenvalue weighted by atomic mass is 79.9. The first-order valence-corrected chi connectivity index (χ1v) is 7.39. The van der Waals surface area contributed by atoms with Gasteiger partial charge in [0.15, 0.2) is 0 Å². The number of nitrogens with one attached hydrogen (secondary N) is 1. The Morgan fingerprint density at radius 3 is 2.61 bits per heavy atom. The summed E-state index contributed by atoms with van der Waals surface area (Å²) in [5, 5.41) is 3.19. The molecule has 0 saturated carbocycles. The van der Waals surface area contributed by atoms with E-state index in [1.807, 2.05) is 19.2 Å². The molecule has 5 heteroatoms. The minimum absolute atomic E-state index is 0.0473. The van der Waals surface area contributed by atoms with Gasteiger partial charge in [-0.2, -0.15) is 0 Å². The molecule has 1 aromatic carbocycles. The molecule has 0 aliphatic heterocycles. The molecule has 1 nitrogen and oxygen atoms in total. The Morgan fingerprint density at radius 1 is 1.39 bits per heavy atom. The van der Waals surface area contributed by atoms with Crippen LogP contribution in [0.2, 0.25) is 4.34 Å². The lowest BCUT2D eigenvalue weighted by atomic mass is 10.0. The summed E-state index contributed by atoms with van der Waals surface area (Å²) in [4.78, 5) is 1.05. The maximum Gasteiger partial charge on any atom is 0.126 e. The molecule has 96 valence electrons. The Morgan fingerprint density at radius 2 is 2.11 bits per heavy atom. The highest BCUT2D eigenvalue weighted by molar-refractivity contribution is 9.10. The van der Waals surface area contributed by atoms with Crippen LogP contribution in [0, 0.1) is 12.7 Å². The average molecular weight is 349 g/mol. The number of rotatable bonds is 3. The molecule has 1 atom stereocenters. The molecule has 2 rings (SSSR count). The summed E-state index contributed by atoms with van der Waals surface area (Å²) < 4.78 is 15.2. The van der Waals surface area contributed by atoms with Crippen molar-refractivity contribution < 1.29 is 4.39 Å². The lowest BCUT2D eigenvalue weighted by Crippen LogP contribution is -2.16. The summed E-state index contributed by atoms with van der Waals surface area (Å²) in [5.41, 5.74) is 1.55. The van der Waals surface area contributed by atoms with Crippen LogP contribution in [0.3, 0.4) is 0 Å². The molecule has 0 aliphatic carbocycles. The molecule has 1 heterocycles. The van der Waals surface area contributed by atoms with Crippen molar-refractivity contribution >= 4 is 38.9 Å². The topological polar surface area (TPSA) is 12.0 Å². The number of aryl methyl sites for hydroxylation is 1. The SMILES string of the molecule is CNC(c1ccc(C)c(F)c1)c1cc(Br)c(Cl)s1. The minimum atomic E-state index is -0.186. The average Bonchev–Trinajstić information content (AvgIpc) is 2.65. The molecule has 0 radical (unpaired) electrons. The summed E-state index contributed by atoms with van der Waals surface area (Å²) in [7, 11) is 1.85. The van der Waals surface area contributed by atoms with E-state index in [-0.39, 0.29) is 11.9 Å². The third-order valence-corrected chi connectivity index (χ3v) is 5.31. The summed E-state index contributed by atoms with van der Waals surface area (Å²) in [5.74, 6) is -0.186. The third kappa shape index (κ3) is 2.77. The van der Waals surface area contributed by atoms with Gasteiger partial charge in [0, 0.05) is 9.35 Å². The van der Waals surface area contributed by atoms with Crippen LogP contribution in [0.1, 0.15) is 22.0 Å². The predicted molar refractivity (Wildman–Crippen MR) is 79.1 cm³/mol. The molecule has 18 heavy (non-hydrogen) atoms. The van der Waals surface area contributed by atoms with Crippen molar-refractivity contribution in [1.29, 1.82) is 0 Å². The Bertz CT molecular complexity index is 551. The second kappa shape index (κ2) is 5.70. The van der Waals surface area contributed by atoms with Gasteiger partial charge >= 0.3 is 0 Å². The first-order valence-electron chi connectivity index (χ1n) is 5.41. The number of benzene rings is 1. The number of hydrogen-bond donors (Lipinski definition) is 1. The van der Waals surface area contributed by atoms with E-state index in [4.69, 9.17) is 11.6 Å². The normalized spacial score (nSPS) is 12.7. The van der Waals surface area contributed by atoms with Crippen LogP contribution < -0.4 is 5.32 Å². The Labute approximate surface area is 123 Å². The molecule has 0 fully saturated rings. The zero-order valence-corrected chi connectivity index (χ0v) is 13.1. The molecule has 1 N–H and O–H groups in total. The van der Waals surface area contributed by atoms with E-state index in [0.717, 1.165) is 14.9 Å². The summed E-state index contributed by atoms with van der Waals surface area (Å²) in [6, 6.07) is 7.21. The van der Waals surface area contributed by atoms with E-state index < -0.39 is 0 Å². The van der Waals surface area contributed by atoms with Gasteiger partial charge < -0.3 is 5.32 Å². The Hall–Kier alpha value is -0.420. The first kappa shape index (κ1) is 14.0. The fourth-order valence-corrected chi connectivity index (χ4v) is 3.64. The van der Waals surface area contributed by atoms with Crippen molar-refractivity contribution in [3.63, 3.8) is 0 Å². The largest absolute Gasteiger partial charge is 0.309 e. The van der Waals surface area contributed by atoms with Crippen LogP contribution in [-0.4, -0.2) is 7.05 Å². The van der Waals surface area contributed by atoms with E-state index in [1.54, 1.807) is 19.1 Å². The van der Waals surface area contributed by atoms with Crippen LogP contribution in [0.25, 0.3) is 0 Å². The smallest absolute Gasteiger partial charge is 0.126 e. The molecular formula is C13H12BrClFNS. The number of halogens is 3. The van der Waals surface area contributed by atoms with Gasteiger partial charge in [0.1, 0.15) is 10.2 Å². The number of thiophene rings is 1. The molecule has 2 aromatic rings. The minimum Gasteiger partial charge on any atom is -0.309 e. The van der Waals surface area contributed by atoms with E-state index >= 15 is 0 Å². The zero-order chi connectivity index (χ0) is 13.3. The van der Waals surface area contributed by atoms with Crippen LogP contribution in [0.5, 0.6) is 0 Å². The van der Waals surface area contributed by atoms with Gasteiger partial charge in [0.25, 0.3) is 0 Å². The van der Waals surface area contributed by atoms with E-state index in [0.29, 0.717) is 9.90 Å². The predicted octanol–water partition coefficient (Wildman–Crippen LogP) is 4.92. The molecule has 1 aromatic heterocycles. The maximum absolute atomic E-state index is 13.6. The van der Waals surface area contributed by atoms with E-state index in [2.05, 4.69) is 21.2 Å². The van der Waals surface area contributed by atoms with Crippen molar-refractivity contribution in [1.82, 2.24) is 5.32 Å². The monoisotopic (exact) mass is 347 g/mol. The van der Waals surface area contributed by atoms with Gasteiger partial charge in [-0.05, 0) is 53.2 Å². The Kier molecular flexibility index (Phi) is 4.43. The number of hydrogen-bond acceptors (Lipinski definition) is 2. The van der Waals surface area contributed by atoms with Crippen molar-refractivity contribution in [3.05, 3.63) is 54.9 Å². The summed E-state index contributed by atoms with van der Waals surface area (Å²) >= 11 is 10.9. The third-order valence-electron chi connectivity index (χ3n) is 2.77. The highest BCUT2D eigenvalue weighted by Gasteiger charge is 2.17. The molecule has 0 saturated heterocycles. The van der Waals surface area contributed by atoms with Gasteiger partial charge in [-0.1, -0.05) is 23.7 Å². The maximum atomic E-state index is 13.6. The summed E-state index contributed by atoms with van der Waals surface area (Å²) in [6.07, 6.45) is 0. The van der Waals surface area contributed by atoms with Crippen molar-refractivity contribution in [2.45, 2.75) is 13.0 Å². The lowest BCUT2D eigenvalue weighted by Gasteiger charge is -2.15. The second-order valence-corrected chi connectivity index (χ2v) is 6.54. The van der Waals surface area contributed by atoms with Crippen molar-refractivity contribution in [2.75, 3.05) is 7.05 Å². The van der Waals surface area contributed by atoms with Crippen molar-refractivity contribution in [2.24, 2.45) is 0 Å². The van der Waals surface area contributed by atoms with Gasteiger partial charge in [-0.3, -0.25) is 0 Å². The van der Waals surface area contributed by atoms with Crippen LogP contribution in [-0.2, 0) is 0 Å². The molecule has 0 aliphatic rings. The van der Waals surface area contributed by atoms with E-state index in [9.17, 15) is 4.39 Å². The molecule has 1 unspecified atom stereocenters. The quantitative estimate of drug-likeness (QED) is 0.830. The molecular weight excluding hydrogens is 337 g/mol. The zero-order valence-electron chi connectivity index (χ0n) is 9.93. The van der Waals surface area contributed by atoms with Gasteiger partial charge in [0.05, 0.1) is 6.04 Å². The standard InChI is InChI=1S/C13H12BrClFNS/c1-7-3-4-8(5-10(7)16)12(17-2)11-6-9(14)13(15)18-11/h3-6,12,17H,1-2H3.